The molecule has 120 valence electrons. The monoisotopic (exact) mass is 303 g/mol. The third kappa shape index (κ3) is 2.11. The molecule has 2 heterocycles. The lowest BCUT2D eigenvalue weighted by Crippen LogP contribution is -2.48. The van der Waals surface area contributed by atoms with Gasteiger partial charge in [-0.25, -0.2) is 4.79 Å². The van der Waals surface area contributed by atoms with Gasteiger partial charge in [-0.1, -0.05) is 0 Å². The van der Waals surface area contributed by atoms with E-state index in [2.05, 4.69) is 20.1 Å². The number of carbonyl (C=O) groups excluding carboxylic acids is 1. The lowest BCUT2D eigenvalue weighted by Gasteiger charge is -2.35. The smallest absolute Gasteiger partial charge is 0.318 e. The van der Waals surface area contributed by atoms with Crippen molar-refractivity contribution in [3.8, 4) is 0 Å². The molecule has 0 saturated heterocycles. The second-order valence-electron chi connectivity index (χ2n) is 7.43. The predicted octanol–water partition coefficient (Wildman–Crippen LogP) is 2.25. The normalized spacial score (nSPS) is 33.1. The molecule has 1 aliphatic heterocycles. The lowest BCUT2D eigenvalue weighted by atomic mass is 9.84. The van der Waals surface area contributed by atoms with Crippen LogP contribution in [0, 0.1) is 18.3 Å². The molecule has 22 heavy (non-hydrogen) atoms. The number of aryl methyl sites for hydroxylation is 1. The second-order valence-corrected chi connectivity index (χ2v) is 7.43. The molecule has 2 saturated carbocycles. The van der Waals surface area contributed by atoms with Crippen molar-refractivity contribution in [3.63, 3.8) is 0 Å². The number of nitrogens with one attached hydrogen (secondary N) is 1. The number of hydrogen-bond acceptors (Lipinski definition) is 3. The highest BCUT2D eigenvalue weighted by molar-refractivity contribution is 5.74. The molecule has 3 aliphatic rings. The minimum absolute atomic E-state index is 0.00708. The molecular weight excluding hydrogens is 278 g/mol. The van der Waals surface area contributed by atoms with E-state index in [-0.39, 0.29) is 12.1 Å². The molecule has 2 bridgehead atoms. The third-order valence-electron chi connectivity index (χ3n) is 6.13. The summed E-state index contributed by atoms with van der Waals surface area (Å²) < 4.78 is 2.12. The zero-order valence-electron chi connectivity index (χ0n) is 13.5. The fraction of sp³-hybridized carbons (Fsp3) is 0.812. The van der Waals surface area contributed by atoms with Crippen LogP contribution < -0.4 is 5.32 Å². The van der Waals surface area contributed by atoms with Crippen LogP contribution in [0.25, 0.3) is 0 Å². The molecule has 2 aliphatic carbocycles. The summed E-state index contributed by atoms with van der Waals surface area (Å²) in [6, 6.07) is 0.0523. The molecule has 1 unspecified atom stereocenters. The van der Waals surface area contributed by atoms with Crippen molar-refractivity contribution >= 4 is 6.03 Å². The third-order valence-corrected chi connectivity index (χ3v) is 6.13. The molecular formula is C16H25N5O. The van der Waals surface area contributed by atoms with E-state index in [4.69, 9.17) is 0 Å². The van der Waals surface area contributed by atoms with Crippen LogP contribution in [0.1, 0.15) is 56.7 Å². The first-order chi connectivity index (χ1) is 10.6. The quantitative estimate of drug-likeness (QED) is 0.911. The molecule has 1 aromatic heterocycles. The average molecular weight is 303 g/mol. The number of amides is 2. The van der Waals surface area contributed by atoms with Crippen molar-refractivity contribution in [2.45, 2.75) is 58.5 Å². The van der Waals surface area contributed by atoms with Crippen LogP contribution in [-0.2, 0) is 6.54 Å². The minimum atomic E-state index is -0.00708. The van der Waals surface area contributed by atoms with Gasteiger partial charge >= 0.3 is 6.03 Å². The number of hydrogen-bond donors (Lipinski definition) is 1. The molecule has 1 atom stereocenters. The van der Waals surface area contributed by atoms with E-state index >= 15 is 0 Å². The van der Waals surface area contributed by atoms with E-state index in [0.29, 0.717) is 5.41 Å². The first-order valence-electron chi connectivity index (χ1n) is 8.52. The van der Waals surface area contributed by atoms with Gasteiger partial charge in [0.2, 0.25) is 0 Å². The van der Waals surface area contributed by atoms with Crippen LogP contribution in [0.4, 0.5) is 4.79 Å². The number of rotatable bonds is 2. The zero-order valence-corrected chi connectivity index (χ0v) is 13.5. The largest absolute Gasteiger partial charge is 0.337 e. The van der Waals surface area contributed by atoms with Crippen molar-refractivity contribution in [1.29, 1.82) is 0 Å². The summed E-state index contributed by atoms with van der Waals surface area (Å²) in [6.07, 6.45) is 6.62. The average Bonchev–Trinajstić information content (AvgIpc) is 3.21. The summed E-state index contributed by atoms with van der Waals surface area (Å²) in [5.74, 6) is 2.76. The fourth-order valence-corrected chi connectivity index (χ4v) is 4.73. The SMILES string of the molecule is Cc1nnc2n1CCN(C(=O)NCC13CCC(CC1)C3)C2C. The number of fused-ring (bicyclic) bond motifs is 3. The molecule has 2 fully saturated rings. The van der Waals surface area contributed by atoms with Crippen LogP contribution >= 0.6 is 0 Å². The zero-order chi connectivity index (χ0) is 15.3. The number of carbonyl (C=O) groups is 1. The molecule has 6 heteroatoms. The molecule has 0 aromatic carbocycles. The summed E-state index contributed by atoms with van der Waals surface area (Å²) in [5.41, 5.74) is 0.399. The van der Waals surface area contributed by atoms with Gasteiger partial charge in [0.1, 0.15) is 5.82 Å². The molecule has 4 rings (SSSR count). The minimum Gasteiger partial charge on any atom is -0.337 e. The maximum absolute atomic E-state index is 12.6. The Morgan fingerprint density at radius 1 is 1.32 bits per heavy atom. The highest BCUT2D eigenvalue weighted by atomic mass is 16.2. The Bertz CT molecular complexity index is 587. The molecule has 1 aromatic rings. The maximum atomic E-state index is 12.6. The van der Waals surface area contributed by atoms with Crippen molar-refractivity contribution in [3.05, 3.63) is 11.6 Å². The summed E-state index contributed by atoms with van der Waals surface area (Å²) in [5, 5.41) is 11.6. The van der Waals surface area contributed by atoms with Gasteiger partial charge in [-0.3, -0.25) is 0 Å². The number of urea groups is 1. The van der Waals surface area contributed by atoms with Crippen LogP contribution in [-0.4, -0.2) is 38.8 Å². The van der Waals surface area contributed by atoms with Gasteiger partial charge in [-0.05, 0) is 57.3 Å². The van der Waals surface area contributed by atoms with Crippen LogP contribution in [0.5, 0.6) is 0 Å². The van der Waals surface area contributed by atoms with E-state index < -0.39 is 0 Å². The summed E-state index contributed by atoms with van der Waals surface area (Å²) in [7, 11) is 0. The van der Waals surface area contributed by atoms with Crippen LogP contribution in [0.3, 0.4) is 0 Å². The van der Waals surface area contributed by atoms with Crippen molar-refractivity contribution in [2.75, 3.05) is 13.1 Å². The first-order valence-corrected chi connectivity index (χ1v) is 8.52. The molecule has 1 N–H and O–H groups in total. The van der Waals surface area contributed by atoms with Gasteiger partial charge in [-0.15, -0.1) is 10.2 Å². The second kappa shape index (κ2) is 4.96. The number of nitrogens with zero attached hydrogens (tertiary/aromatic N) is 4. The van der Waals surface area contributed by atoms with Gasteiger partial charge in [0, 0.05) is 19.6 Å². The van der Waals surface area contributed by atoms with Crippen LogP contribution in [0.15, 0.2) is 0 Å². The van der Waals surface area contributed by atoms with Crippen LogP contribution in [0.2, 0.25) is 0 Å². The fourth-order valence-electron chi connectivity index (χ4n) is 4.73. The Morgan fingerprint density at radius 3 is 2.77 bits per heavy atom. The maximum Gasteiger partial charge on any atom is 0.318 e. The van der Waals surface area contributed by atoms with Gasteiger partial charge < -0.3 is 14.8 Å². The summed E-state index contributed by atoms with van der Waals surface area (Å²) >= 11 is 0. The van der Waals surface area contributed by atoms with Gasteiger partial charge in [0.25, 0.3) is 0 Å². The van der Waals surface area contributed by atoms with Gasteiger partial charge in [0.15, 0.2) is 5.82 Å². The van der Waals surface area contributed by atoms with Gasteiger partial charge in [-0.2, -0.15) is 0 Å². The molecule has 0 radical (unpaired) electrons. The van der Waals surface area contributed by atoms with Crippen molar-refractivity contribution in [2.24, 2.45) is 11.3 Å². The van der Waals surface area contributed by atoms with E-state index in [0.717, 1.165) is 37.2 Å². The Hall–Kier alpha value is -1.59. The Morgan fingerprint density at radius 2 is 2.09 bits per heavy atom. The first kappa shape index (κ1) is 14.0. The predicted molar refractivity (Wildman–Crippen MR) is 82.3 cm³/mol. The van der Waals surface area contributed by atoms with E-state index in [1.54, 1.807) is 0 Å². The Balaban J connectivity index is 1.41. The summed E-state index contributed by atoms with van der Waals surface area (Å²) in [6.45, 7) is 6.37. The van der Waals surface area contributed by atoms with E-state index in [1.165, 1.54) is 32.1 Å². The Labute approximate surface area is 131 Å². The topological polar surface area (TPSA) is 63.1 Å². The van der Waals surface area contributed by atoms with Crippen molar-refractivity contribution < 1.29 is 4.79 Å². The number of aromatic nitrogens is 3. The lowest BCUT2D eigenvalue weighted by molar-refractivity contribution is 0.153. The molecule has 6 nitrogen and oxygen atoms in total. The van der Waals surface area contributed by atoms with Gasteiger partial charge in [0.05, 0.1) is 6.04 Å². The van der Waals surface area contributed by atoms with E-state index in [9.17, 15) is 4.79 Å². The standard InChI is InChI=1S/C16H25N5O/c1-11-14-19-18-12(2)21(14)8-7-20(11)15(22)17-10-16-5-3-13(9-16)4-6-16/h11,13H,3-10H2,1-2H3,(H,17,22). The highest BCUT2D eigenvalue weighted by Gasteiger charge is 2.45. The van der Waals surface area contributed by atoms with Crippen molar-refractivity contribution in [1.82, 2.24) is 25.0 Å². The molecule has 2 amide bonds. The molecule has 0 spiro atoms. The van der Waals surface area contributed by atoms with E-state index in [1.807, 2.05) is 18.7 Å². The Kier molecular flexibility index (Phi) is 3.16. The highest BCUT2D eigenvalue weighted by Crippen LogP contribution is 2.53. The summed E-state index contributed by atoms with van der Waals surface area (Å²) in [4.78, 5) is 14.5.